The van der Waals surface area contributed by atoms with Crippen LogP contribution in [0.1, 0.15) is 11.5 Å². The van der Waals surface area contributed by atoms with Crippen LogP contribution in [0.5, 0.6) is 5.75 Å². The smallest absolute Gasteiger partial charge is 0.262 e. The molecule has 1 aliphatic rings. The third-order valence-electron chi connectivity index (χ3n) is 5.20. The molecule has 1 aromatic heterocycles. The quantitative estimate of drug-likeness (QED) is 0.621. The first-order chi connectivity index (χ1) is 13.9. The molecule has 2 heterocycles. The van der Waals surface area contributed by atoms with Crippen molar-refractivity contribution in [2.45, 2.75) is 10.9 Å². The van der Waals surface area contributed by atoms with Crippen molar-refractivity contribution in [2.24, 2.45) is 13.0 Å². The van der Waals surface area contributed by atoms with Crippen LogP contribution in [0.4, 0.5) is 4.39 Å². The van der Waals surface area contributed by atoms with Gasteiger partial charge >= 0.3 is 0 Å². The zero-order chi connectivity index (χ0) is 20.4. The number of rotatable bonds is 6. The van der Waals surface area contributed by atoms with Crippen molar-refractivity contribution in [1.29, 1.82) is 0 Å². The standard InChI is InChI=1S/C21H22FN3O3S/c1-24-13-21(23-15-24)29(26,27)25-11-17(14-28-19-5-3-2-4-6-19)20(12-25)16-7-9-18(22)10-8-16/h2-10,13,15,17,20H,11-12,14H2,1H3. The van der Waals surface area contributed by atoms with Gasteiger partial charge in [0.2, 0.25) is 0 Å². The van der Waals surface area contributed by atoms with Gasteiger partial charge in [0.25, 0.3) is 10.0 Å². The van der Waals surface area contributed by atoms with Gasteiger partial charge in [-0.05, 0) is 29.8 Å². The van der Waals surface area contributed by atoms with E-state index in [1.807, 2.05) is 30.3 Å². The van der Waals surface area contributed by atoms with Crippen LogP contribution in [0.3, 0.4) is 0 Å². The van der Waals surface area contributed by atoms with Crippen molar-refractivity contribution >= 4 is 10.0 Å². The van der Waals surface area contributed by atoms with Gasteiger partial charge < -0.3 is 9.30 Å². The van der Waals surface area contributed by atoms with E-state index in [-0.39, 0.29) is 22.7 Å². The summed E-state index contributed by atoms with van der Waals surface area (Å²) in [5.41, 5.74) is 0.895. The maximum atomic E-state index is 13.4. The second-order valence-corrected chi connectivity index (χ2v) is 9.13. The molecule has 1 fully saturated rings. The molecule has 1 saturated heterocycles. The third-order valence-corrected chi connectivity index (χ3v) is 6.92. The number of hydrogen-bond donors (Lipinski definition) is 0. The number of para-hydroxylation sites is 1. The van der Waals surface area contributed by atoms with Crippen LogP contribution in [-0.2, 0) is 17.1 Å². The number of imidazole rings is 1. The van der Waals surface area contributed by atoms with E-state index in [9.17, 15) is 12.8 Å². The average molecular weight is 415 g/mol. The normalized spacial score (nSPS) is 20.1. The molecule has 0 bridgehead atoms. The lowest BCUT2D eigenvalue weighted by Crippen LogP contribution is -2.30. The molecule has 2 unspecified atom stereocenters. The van der Waals surface area contributed by atoms with E-state index in [1.165, 1.54) is 29.0 Å². The van der Waals surface area contributed by atoms with Crippen LogP contribution >= 0.6 is 0 Å². The predicted octanol–water partition coefficient (Wildman–Crippen LogP) is 3.04. The maximum Gasteiger partial charge on any atom is 0.262 e. The van der Waals surface area contributed by atoms with Gasteiger partial charge in [-0.15, -0.1) is 0 Å². The van der Waals surface area contributed by atoms with Crippen molar-refractivity contribution in [3.05, 3.63) is 78.5 Å². The van der Waals surface area contributed by atoms with Crippen LogP contribution in [0.2, 0.25) is 0 Å². The third kappa shape index (κ3) is 4.18. The summed E-state index contributed by atoms with van der Waals surface area (Å²) in [7, 11) is -1.98. The van der Waals surface area contributed by atoms with Crippen LogP contribution in [0.15, 0.2) is 72.1 Å². The van der Waals surface area contributed by atoms with Gasteiger partial charge in [0.05, 0.1) is 12.9 Å². The van der Waals surface area contributed by atoms with E-state index in [0.717, 1.165) is 11.3 Å². The summed E-state index contributed by atoms with van der Waals surface area (Å²) in [6.45, 7) is 0.974. The highest BCUT2D eigenvalue weighted by atomic mass is 32.2. The number of hydrogen-bond acceptors (Lipinski definition) is 4. The van der Waals surface area contributed by atoms with E-state index in [1.54, 1.807) is 23.7 Å². The lowest BCUT2D eigenvalue weighted by Gasteiger charge is -2.19. The first-order valence-electron chi connectivity index (χ1n) is 9.35. The molecule has 29 heavy (non-hydrogen) atoms. The summed E-state index contributed by atoms with van der Waals surface area (Å²) in [6, 6.07) is 15.7. The van der Waals surface area contributed by atoms with Gasteiger partial charge in [-0.3, -0.25) is 0 Å². The number of nitrogens with zero attached hydrogens (tertiary/aromatic N) is 3. The Bertz CT molecular complexity index is 1070. The van der Waals surface area contributed by atoms with Crippen molar-refractivity contribution in [3.8, 4) is 5.75 Å². The molecule has 0 aliphatic carbocycles. The van der Waals surface area contributed by atoms with Gasteiger partial charge in [0, 0.05) is 38.2 Å². The molecule has 8 heteroatoms. The van der Waals surface area contributed by atoms with Crippen molar-refractivity contribution in [1.82, 2.24) is 13.9 Å². The van der Waals surface area contributed by atoms with Gasteiger partial charge in [0.15, 0.2) is 5.03 Å². The maximum absolute atomic E-state index is 13.4. The summed E-state index contributed by atoms with van der Waals surface area (Å²) in [6.07, 6.45) is 2.96. The minimum atomic E-state index is -3.71. The highest BCUT2D eigenvalue weighted by Gasteiger charge is 2.41. The zero-order valence-corrected chi connectivity index (χ0v) is 16.8. The molecule has 2 atom stereocenters. The summed E-state index contributed by atoms with van der Waals surface area (Å²) in [4.78, 5) is 4.01. The van der Waals surface area contributed by atoms with E-state index in [0.29, 0.717) is 19.7 Å². The number of sulfonamides is 1. The molecular weight excluding hydrogens is 393 g/mol. The zero-order valence-electron chi connectivity index (χ0n) is 16.0. The molecule has 2 aromatic carbocycles. The fourth-order valence-electron chi connectivity index (χ4n) is 3.66. The lowest BCUT2D eigenvalue weighted by molar-refractivity contribution is 0.244. The van der Waals surface area contributed by atoms with E-state index in [4.69, 9.17) is 4.74 Å². The highest BCUT2D eigenvalue weighted by Crippen LogP contribution is 2.36. The molecule has 4 rings (SSSR count). The Balaban J connectivity index is 1.59. The molecule has 0 spiro atoms. The number of aryl methyl sites for hydroxylation is 1. The average Bonchev–Trinajstić information content (AvgIpc) is 3.35. The predicted molar refractivity (Wildman–Crippen MR) is 107 cm³/mol. The largest absolute Gasteiger partial charge is 0.493 e. The van der Waals surface area contributed by atoms with Crippen LogP contribution in [0.25, 0.3) is 0 Å². The second-order valence-electron chi connectivity index (χ2n) is 7.24. The Kier molecular flexibility index (Phi) is 5.38. The molecule has 152 valence electrons. The van der Waals surface area contributed by atoms with Gasteiger partial charge in [-0.1, -0.05) is 30.3 Å². The number of halogens is 1. The monoisotopic (exact) mass is 415 g/mol. The van der Waals surface area contributed by atoms with Crippen LogP contribution < -0.4 is 4.74 Å². The van der Waals surface area contributed by atoms with E-state index >= 15 is 0 Å². The Morgan fingerprint density at radius 1 is 1.10 bits per heavy atom. The minimum absolute atomic E-state index is 0.0301. The van der Waals surface area contributed by atoms with E-state index < -0.39 is 10.0 Å². The summed E-state index contributed by atoms with van der Waals surface area (Å²) in [5, 5.41) is 0.0301. The molecule has 3 aromatic rings. The molecular formula is C21H22FN3O3S. The molecule has 0 amide bonds. The number of aromatic nitrogens is 2. The highest BCUT2D eigenvalue weighted by molar-refractivity contribution is 7.89. The fourth-order valence-corrected chi connectivity index (χ4v) is 5.15. The fraction of sp³-hybridized carbons (Fsp3) is 0.286. The Morgan fingerprint density at radius 2 is 1.83 bits per heavy atom. The lowest BCUT2D eigenvalue weighted by atomic mass is 9.89. The molecule has 1 aliphatic heterocycles. The van der Waals surface area contributed by atoms with Crippen molar-refractivity contribution < 1.29 is 17.5 Å². The Labute approximate surface area is 169 Å². The van der Waals surface area contributed by atoms with Crippen LogP contribution in [0, 0.1) is 11.7 Å². The van der Waals surface area contributed by atoms with Crippen LogP contribution in [-0.4, -0.2) is 42.0 Å². The summed E-state index contributed by atoms with van der Waals surface area (Å²) in [5.74, 6) is 0.245. The van der Waals surface area contributed by atoms with Gasteiger partial charge in [-0.25, -0.2) is 17.8 Å². The number of ether oxygens (including phenoxy) is 1. The molecule has 0 saturated carbocycles. The molecule has 0 radical (unpaired) electrons. The Hall–Kier alpha value is -2.71. The topological polar surface area (TPSA) is 64.4 Å². The summed E-state index contributed by atoms with van der Waals surface area (Å²) >= 11 is 0. The SMILES string of the molecule is Cn1cnc(S(=O)(=O)N2CC(COc3ccccc3)C(c3ccc(F)cc3)C2)c1. The first kappa shape index (κ1) is 19.6. The number of benzene rings is 2. The molecule has 6 nitrogen and oxygen atoms in total. The first-order valence-corrected chi connectivity index (χ1v) is 10.8. The Morgan fingerprint density at radius 3 is 2.48 bits per heavy atom. The van der Waals surface area contributed by atoms with Crippen molar-refractivity contribution in [3.63, 3.8) is 0 Å². The van der Waals surface area contributed by atoms with Crippen molar-refractivity contribution in [2.75, 3.05) is 19.7 Å². The van der Waals surface area contributed by atoms with Gasteiger partial charge in [0.1, 0.15) is 11.6 Å². The summed E-state index contributed by atoms with van der Waals surface area (Å²) < 4.78 is 48.5. The van der Waals surface area contributed by atoms with Gasteiger partial charge in [-0.2, -0.15) is 4.31 Å². The van der Waals surface area contributed by atoms with E-state index in [2.05, 4.69) is 4.98 Å². The second kappa shape index (κ2) is 7.96. The molecule has 0 N–H and O–H groups in total. The minimum Gasteiger partial charge on any atom is -0.493 e.